The molecule has 1 unspecified atom stereocenters. The van der Waals surface area contributed by atoms with Gasteiger partial charge in [0.05, 0.1) is 5.52 Å². The lowest BCUT2D eigenvalue weighted by Gasteiger charge is -2.19. The van der Waals surface area contributed by atoms with Gasteiger partial charge >= 0.3 is 0 Å². The second-order valence-electron chi connectivity index (χ2n) is 9.02. The average molecular weight is 467 g/mol. The molecule has 2 N–H and O–H groups in total. The van der Waals surface area contributed by atoms with Crippen molar-refractivity contribution in [2.45, 2.75) is 46.5 Å². The van der Waals surface area contributed by atoms with Crippen LogP contribution in [0, 0.1) is 12.8 Å². The van der Waals surface area contributed by atoms with Crippen LogP contribution in [0.4, 0.5) is 5.69 Å². The van der Waals surface area contributed by atoms with Crippen LogP contribution in [0.25, 0.3) is 16.5 Å². The number of nitrogens with zero attached hydrogens (tertiary/aromatic N) is 2. The summed E-state index contributed by atoms with van der Waals surface area (Å²) in [5.74, 6) is 0.193. The van der Waals surface area contributed by atoms with Crippen molar-refractivity contribution in [2.24, 2.45) is 10.9 Å². The standard InChI is InChI=1S/C30H34N4O/c1-5-11-23(16-17-31-4)29-28-20(3)24-14-15-25(30(35)32-26(24)19-27(28)33-34-29)22(6-2)18-21-12-9-7-8-10-13-21/h5,7-12,15-17,19,22H,6,13-14,18H2,1-4H3,(H,32,35)(H,33,34)/b11-5+,23-16+,31-17?. The zero-order valence-corrected chi connectivity index (χ0v) is 21.1. The van der Waals surface area contributed by atoms with Crippen LogP contribution in [0.15, 0.2) is 76.9 Å². The van der Waals surface area contributed by atoms with Gasteiger partial charge in [-0.1, -0.05) is 61.1 Å². The molecule has 5 heteroatoms. The number of amides is 1. The number of aliphatic imine (C=N–C) groups is 1. The molecule has 0 saturated carbocycles. The minimum Gasteiger partial charge on any atom is -0.322 e. The first kappa shape index (κ1) is 24.4. The van der Waals surface area contributed by atoms with Crippen LogP contribution in [0.3, 0.4) is 0 Å². The van der Waals surface area contributed by atoms with Gasteiger partial charge in [-0.15, -0.1) is 0 Å². The van der Waals surface area contributed by atoms with Crippen LogP contribution >= 0.6 is 0 Å². The first-order chi connectivity index (χ1) is 17.1. The van der Waals surface area contributed by atoms with Crippen molar-refractivity contribution in [3.05, 3.63) is 88.7 Å². The molecule has 180 valence electrons. The quantitative estimate of drug-likeness (QED) is 0.347. The summed E-state index contributed by atoms with van der Waals surface area (Å²) in [5.41, 5.74) is 8.19. The zero-order chi connectivity index (χ0) is 24.8. The van der Waals surface area contributed by atoms with Crippen LogP contribution in [-0.2, 0) is 11.2 Å². The number of hydrogen-bond donors (Lipinski definition) is 2. The van der Waals surface area contributed by atoms with Gasteiger partial charge in [-0.3, -0.25) is 14.9 Å². The third-order valence-corrected chi connectivity index (χ3v) is 6.81. The van der Waals surface area contributed by atoms with Gasteiger partial charge < -0.3 is 5.32 Å². The molecule has 2 heterocycles. The molecule has 5 nitrogen and oxygen atoms in total. The minimum absolute atomic E-state index is 0.00283. The highest BCUT2D eigenvalue weighted by molar-refractivity contribution is 6.08. The van der Waals surface area contributed by atoms with Gasteiger partial charge in [0, 0.05) is 35.5 Å². The van der Waals surface area contributed by atoms with E-state index in [0.717, 1.165) is 63.8 Å². The van der Waals surface area contributed by atoms with Gasteiger partial charge in [-0.05, 0) is 68.7 Å². The summed E-state index contributed by atoms with van der Waals surface area (Å²) in [4.78, 5) is 17.5. The molecule has 1 aliphatic heterocycles. The second-order valence-corrected chi connectivity index (χ2v) is 9.02. The van der Waals surface area contributed by atoms with Gasteiger partial charge in [0.15, 0.2) is 0 Å². The van der Waals surface area contributed by atoms with E-state index in [1.807, 2.05) is 31.2 Å². The van der Waals surface area contributed by atoms with Crippen molar-refractivity contribution in [3.8, 4) is 0 Å². The fourth-order valence-electron chi connectivity index (χ4n) is 4.97. The Bertz CT molecular complexity index is 1330. The van der Waals surface area contributed by atoms with E-state index < -0.39 is 0 Å². The molecule has 0 spiro atoms. The Morgan fingerprint density at radius 1 is 1.26 bits per heavy atom. The van der Waals surface area contributed by atoms with E-state index >= 15 is 0 Å². The summed E-state index contributed by atoms with van der Waals surface area (Å²) in [6, 6.07) is 2.02. The molecule has 2 aromatic rings. The normalized spacial score (nSPS) is 17.4. The summed E-state index contributed by atoms with van der Waals surface area (Å²) in [6.07, 6.45) is 24.0. The molecule has 2 aliphatic rings. The molecule has 35 heavy (non-hydrogen) atoms. The van der Waals surface area contributed by atoms with E-state index in [4.69, 9.17) is 0 Å². The summed E-state index contributed by atoms with van der Waals surface area (Å²) in [7, 11) is 1.76. The predicted molar refractivity (Wildman–Crippen MR) is 148 cm³/mol. The topological polar surface area (TPSA) is 70.1 Å². The molecule has 0 radical (unpaired) electrons. The fraction of sp³-hybridized carbons (Fsp3) is 0.300. The smallest absolute Gasteiger partial charge is 0.251 e. The maximum atomic E-state index is 13.4. The molecular formula is C30H34N4O. The number of aromatic nitrogens is 2. The molecule has 1 atom stereocenters. The van der Waals surface area contributed by atoms with Crippen LogP contribution in [0.2, 0.25) is 0 Å². The molecule has 1 aliphatic carbocycles. The Labute approximate surface area is 207 Å². The van der Waals surface area contributed by atoms with Crippen molar-refractivity contribution in [1.29, 1.82) is 0 Å². The first-order valence-electron chi connectivity index (χ1n) is 12.4. The number of benzene rings is 1. The zero-order valence-electron chi connectivity index (χ0n) is 21.1. The second kappa shape index (κ2) is 11.1. The number of allylic oxidation sites excluding steroid dienone is 11. The van der Waals surface area contributed by atoms with E-state index in [0.29, 0.717) is 6.42 Å². The summed E-state index contributed by atoms with van der Waals surface area (Å²) >= 11 is 0. The number of aryl methyl sites for hydroxylation is 1. The third-order valence-electron chi connectivity index (χ3n) is 6.81. The number of fused-ring (bicyclic) bond motifs is 2. The molecule has 0 fully saturated rings. The molecule has 1 aromatic carbocycles. The Hall–Kier alpha value is -3.73. The highest BCUT2D eigenvalue weighted by Crippen LogP contribution is 2.36. The number of H-pyrrole nitrogens is 1. The molecular weight excluding hydrogens is 432 g/mol. The SMILES string of the molecule is C/C=C/C(=C\C=NC)c1n[nH]c2cc3c(c(C)c12)CC=C(C(CC)CC1=CC=CC=CC1)C(=O)N3. The number of carbonyl (C=O) groups excluding carboxylic acids is 1. The minimum atomic E-state index is 0.00283. The van der Waals surface area contributed by atoms with Crippen molar-refractivity contribution >= 4 is 34.3 Å². The monoisotopic (exact) mass is 466 g/mol. The van der Waals surface area contributed by atoms with E-state index in [-0.39, 0.29) is 11.8 Å². The Morgan fingerprint density at radius 2 is 2.11 bits per heavy atom. The molecule has 1 aromatic heterocycles. The molecule has 0 saturated heterocycles. The molecule has 1 amide bonds. The van der Waals surface area contributed by atoms with Crippen LogP contribution < -0.4 is 5.32 Å². The third kappa shape index (κ3) is 5.19. The first-order valence-corrected chi connectivity index (χ1v) is 12.4. The number of nitrogens with one attached hydrogen (secondary N) is 2. The van der Waals surface area contributed by atoms with Gasteiger partial charge in [0.2, 0.25) is 0 Å². The maximum absolute atomic E-state index is 13.4. The number of aromatic amines is 1. The number of hydrogen-bond acceptors (Lipinski definition) is 3. The largest absolute Gasteiger partial charge is 0.322 e. The summed E-state index contributed by atoms with van der Waals surface area (Å²) < 4.78 is 0. The number of rotatable bonds is 7. The van der Waals surface area contributed by atoms with Crippen LogP contribution in [-0.4, -0.2) is 29.4 Å². The van der Waals surface area contributed by atoms with Crippen LogP contribution in [0.5, 0.6) is 0 Å². The van der Waals surface area contributed by atoms with Crippen LogP contribution in [0.1, 0.15) is 49.9 Å². The lowest BCUT2D eigenvalue weighted by Crippen LogP contribution is -2.20. The lowest BCUT2D eigenvalue weighted by atomic mass is 9.87. The van der Waals surface area contributed by atoms with Crippen molar-refractivity contribution < 1.29 is 4.79 Å². The highest BCUT2D eigenvalue weighted by Gasteiger charge is 2.26. The van der Waals surface area contributed by atoms with E-state index in [1.54, 1.807) is 13.3 Å². The summed E-state index contributed by atoms with van der Waals surface area (Å²) in [6.45, 7) is 6.29. The Morgan fingerprint density at radius 3 is 2.89 bits per heavy atom. The van der Waals surface area contributed by atoms with E-state index in [2.05, 4.69) is 70.8 Å². The average Bonchev–Trinajstić information content (AvgIpc) is 3.00. The molecule has 0 bridgehead atoms. The van der Waals surface area contributed by atoms with Crippen molar-refractivity contribution in [1.82, 2.24) is 10.2 Å². The van der Waals surface area contributed by atoms with Crippen molar-refractivity contribution in [3.63, 3.8) is 0 Å². The maximum Gasteiger partial charge on any atom is 0.251 e. The molecule has 4 rings (SSSR count). The van der Waals surface area contributed by atoms with E-state index in [9.17, 15) is 4.79 Å². The predicted octanol–water partition coefficient (Wildman–Crippen LogP) is 6.81. The van der Waals surface area contributed by atoms with Crippen molar-refractivity contribution in [2.75, 3.05) is 12.4 Å². The number of anilines is 1. The van der Waals surface area contributed by atoms with Gasteiger partial charge in [0.1, 0.15) is 5.69 Å². The number of carbonyl (C=O) groups is 1. The highest BCUT2D eigenvalue weighted by atomic mass is 16.1. The van der Waals surface area contributed by atoms with Gasteiger partial charge in [-0.2, -0.15) is 5.10 Å². The van der Waals surface area contributed by atoms with Gasteiger partial charge in [-0.25, -0.2) is 0 Å². The van der Waals surface area contributed by atoms with Gasteiger partial charge in [0.25, 0.3) is 5.91 Å². The Balaban J connectivity index is 1.72. The Kier molecular flexibility index (Phi) is 7.76. The lowest BCUT2D eigenvalue weighted by molar-refractivity contribution is -0.113. The summed E-state index contributed by atoms with van der Waals surface area (Å²) in [5, 5.41) is 12.1. The van der Waals surface area contributed by atoms with E-state index in [1.165, 1.54) is 5.57 Å². The fourth-order valence-corrected chi connectivity index (χ4v) is 4.97.